The molecule has 17 heavy (non-hydrogen) atoms. The fourth-order valence-electron chi connectivity index (χ4n) is 1.81. The van der Waals surface area contributed by atoms with Gasteiger partial charge in [-0.1, -0.05) is 0 Å². The van der Waals surface area contributed by atoms with Crippen molar-refractivity contribution in [2.45, 2.75) is 37.8 Å². The van der Waals surface area contributed by atoms with Crippen LogP contribution in [-0.4, -0.2) is 42.5 Å². The molecule has 0 aromatic rings. The Balaban J connectivity index is 2.38. The van der Waals surface area contributed by atoms with Crippen LogP contribution in [0.3, 0.4) is 0 Å². The van der Waals surface area contributed by atoms with Gasteiger partial charge in [0.25, 0.3) is 0 Å². The second kappa shape index (κ2) is 7.55. The Morgan fingerprint density at radius 1 is 1.12 bits per heavy atom. The van der Waals surface area contributed by atoms with Crippen molar-refractivity contribution in [3.05, 3.63) is 0 Å². The van der Waals surface area contributed by atoms with Gasteiger partial charge >= 0.3 is 0 Å². The van der Waals surface area contributed by atoms with Gasteiger partial charge in [0, 0.05) is 0 Å². The molecular weight excluding hydrogens is 238 g/mol. The number of nitrogens with two attached hydrogens (primary N) is 1. The van der Waals surface area contributed by atoms with E-state index in [4.69, 9.17) is 5.73 Å². The predicted molar refractivity (Wildman–Crippen MR) is 69.8 cm³/mol. The van der Waals surface area contributed by atoms with Crippen molar-refractivity contribution in [2.24, 2.45) is 5.73 Å². The molecule has 2 atom stereocenters. The zero-order chi connectivity index (χ0) is 12.7. The van der Waals surface area contributed by atoms with E-state index < -0.39 is 0 Å². The van der Waals surface area contributed by atoms with E-state index in [1.54, 1.807) is 11.8 Å². The molecule has 4 N–H and O–H groups in total. The van der Waals surface area contributed by atoms with Gasteiger partial charge in [-0.3, -0.25) is 9.59 Å². The Morgan fingerprint density at radius 3 is 2.24 bits per heavy atom. The molecule has 0 bridgehead atoms. The topological polar surface area (TPSA) is 84.2 Å². The molecule has 1 rings (SSSR count). The summed E-state index contributed by atoms with van der Waals surface area (Å²) in [6.45, 7) is 0.624. The number of nitrogens with one attached hydrogen (secondary N) is 2. The van der Waals surface area contributed by atoms with E-state index in [1.807, 2.05) is 6.26 Å². The fraction of sp³-hybridized carbons (Fsp3) is 0.818. The summed E-state index contributed by atoms with van der Waals surface area (Å²) >= 11 is 1.67. The van der Waals surface area contributed by atoms with E-state index >= 15 is 0 Å². The van der Waals surface area contributed by atoms with Crippen molar-refractivity contribution in [2.75, 3.05) is 18.6 Å². The fourth-order valence-corrected chi connectivity index (χ4v) is 2.28. The number of hydrogen-bond donors (Lipinski definition) is 3. The van der Waals surface area contributed by atoms with Crippen molar-refractivity contribution in [3.8, 4) is 0 Å². The third-order valence-electron chi connectivity index (χ3n) is 2.82. The van der Waals surface area contributed by atoms with Gasteiger partial charge < -0.3 is 16.4 Å². The standard InChI is InChI=1S/C11H21N3O2S/c1-17-7-5-9-11(16)13-8(10(15)14-9)4-2-3-6-12/h8-9H,2-7,12H2,1H3,(H,13,16)(H,14,15). The molecule has 1 saturated heterocycles. The molecule has 6 heteroatoms. The van der Waals surface area contributed by atoms with Gasteiger partial charge in [-0.2, -0.15) is 11.8 Å². The molecule has 0 aromatic carbocycles. The largest absolute Gasteiger partial charge is 0.343 e. The van der Waals surface area contributed by atoms with Crippen LogP contribution < -0.4 is 16.4 Å². The first-order valence-corrected chi connectivity index (χ1v) is 7.38. The first-order chi connectivity index (χ1) is 8.19. The maximum absolute atomic E-state index is 11.7. The highest BCUT2D eigenvalue weighted by Gasteiger charge is 2.32. The van der Waals surface area contributed by atoms with E-state index in [2.05, 4.69) is 10.6 Å². The van der Waals surface area contributed by atoms with Crippen LogP contribution in [0.25, 0.3) is 0 Å². The summed E-state index contributed by atoms with van der Waals surface area (Å²) in [5.74, 6) is 0.750. The van der Waals surface area contributed by atoms with E-state index in [1.165, 1.54) is 0 Å². The summed E-state index contributed by atoms with van der Waals surface area (Å²) in [4.78, 5) is 23.5. The van der Waals surface area contributed by atoms with E-state index in [9.17, 15) is 9.59 Å². The molecule has 1 aliphatic heterocycles. The van der Waals surface area contributed by atoms with E-state index in [-0.39, 0.29) is 23.9 Å². The van der Waals surface area contributed by atoms with Crippen LogP contribution in [0, 0.1) is 0 Å². The van der Waals surface area contributed by atoms with Crippen LogP contribution in [0.5, 0.6) is 0 Å². The van der Waals surface area contributed by atoms with Gasteiger partial charge in [0.2, 0.25) is 11.8 Å². The lowest BCUT2D eigenvalue weighted by Gasteiger charge is -2.29. The number of thioether (sulfide) groups is 1. The van der Waals surface area contributed by atoms with Crippen molar-refractivity contribution in [3.63, 3.8) is 0 Å². The van der Waals surface area contributed by atoms with E-state index in [0.717, 1.165) is 18.6 Å². The predicted octanol–water partition coefficient (Wildman–Crippen LogP) is -0.148. The third-order valence-corrected chi connectivity index (χ3v) is 3.47. The van der Waals surface area contributed by atoms with Gasteiger partial charge in [0.05, 0.1) is 0 Å². The van der Waals surface area contributed by atoms with E-state index in [0.29, 0.717) is 19.4 Å². The molecule has 0 spiro atoms. The second-order valence-corrected chi connectivity index (χ2v) is 5.17. The Bertz CT molecular complexity index is 273. The van der Waals surface area contributed by atoms with Gasteiger partial charge in [-0.25, -0.2) is 0 Å². The summed E-state index contributed by atoms with van der Waals surface area (Å²) in [7, 11) is 0. The quantitative estimate of drug-likeness (QED) is 0.555. The molecule has 1 aliphatic rings. The molecule has 2 amide bonds. The Morgan fingerprint density at radius 2 is 1.71 bits per heavy atom. The summed E-state index contributed by atoms with van der Waals surface area (Å²) in [6, 6.07) is -0.736. The van der Waals surface area contributed by atoms with Crippen LogP contribution in [0.15, 0.2) is 0 Å². The second-order valence-electron chi connectivity index (χ2n) is 4.19. The monoisotopic (exact) mass is 259 g/mol. The highest BCUT2D eigenvalue weighted by molar-refractivity contribution is 7.98. The number of unbranched alkanes of at least 4 members (excludes halogenated alkanes) is 1. The molecule has 0 aromatic heterocycles. The zero-order valence-electron chi connectivity index (χ0n) is 10.2. The minimum absolute atomic E-state index is 0.0589. The third kappa shape index (κ3) is 4.55. The van der Waals surface area contributed by atoms with Gasteiger partial charge in [0.15, 0.2) is 0 Å². The SMILES string of the molecule is CSCCC1NC(=O)C(CCCCN)NC1=O. The number of rotatable bonds is 7. The van der Waals surface area contributed by atoms with Crippen LogP contribution in [-0.2, 0) is 9.59 Å². The molecule has 1 heterocycles. The summed E-state index contributed by atoms with van der Waals surface area (Å²) in [6.07, 6.45) is 5.09. The van der Waals surface area contributed by atoms with Crippen molar-refractivity contribution in [1.82, 2.24) is 10.6 Å². The summed E-state index contributed by atoms with van der Waals surface area (Å²) < 4.78 is 0. The Kier molecular flexibility index (Phi) is 6.36. The molecule has 0 aliphatic carbocycles. The molecule has 98 valence electrons. The number of amides is 2. The molecular formula is C11H21N3O2S. The molecule has 2 unspecified atom stereocenters. The van der Waals surface area contributed by atoms with Crippen LogP contribution >= 0.6 is 11.8 Å². The van der Waals surface area contributed by atoms with Gasteiger partial charge in [-0.15, -0.1) is 0 Å². The zero-order valence-corrected chi connectivity index (χ0v) is 11.0. The number of carbonyl (C=O) groups is 2. The van der Waals surface area contributed by atoms with Crippen molar-refractivity contribution < 1.29 is 9.59 Å². The highest BCUT2D eigenvalue weighted by Crippen LogP contribution is 2.09. The molecule has 5 nitrogen and oxygen atoms in total. The molecule has 0 saturated carbocycles. The summed E-state index contributed by atoms with van der Waals surface area (Å²) in [5, 5.41) is 5.57. The Labute approximate surface area is 106 Å². The van der Waals surface area contributed by atoms with Gasteiger partial charge in [-0.05, 0) is 44.2 Å². The first kappa shape index (κ1) is 14.3. The smallest absolute Gasteiger partial charge is 0.243 e. The van der Waals surface area contributed by atoms with Crippen molar-refractivity contribution in [1.29, 1.82) is 0 Å². The first-order valence-electron chi connectivity index (χ1n) is 5.98. The Hall–Kier alpha value is -0.750. The number of hydrogen-bond acceptors (Lipinski definition) is 4. The summed E-state index contributed by atoms with van der Waals surface area (Å²) in [5.41, 5.74) is 5.39. The average molecular weight is 259 g/mol. The molecule has 1 fully saturated rings. The number of carbonyl (C=O) groups excluding carboxylic acids is 2. The highest BCUT2D eigenvalue weighted by atomic mass is 32.2. The van der Waals surface area contributed by atoms with Crippen LogP contribution in [0.4, 0.5) is 0 Å². The van der Waals surface area contributed by atoms with Gasteiger partial charge in [0.1, 0.15) is 12.1 Å². The lowest BCUT2D eigenvalue weighted by molar-refractivity contribution is -0.137. The minimum Gasteiger partial charge on any atom is -0.343 e. The molecule has 0 radical (unpaired) electrons. The number of piperazine rings is 1. The average Bonchev–Trinajstić information content (AvgIpc) is 2.31. The van der Waals surface area contributed by atoms with Crippen LogP contribution in [0.2, 0.25) is 0 Å². The van der Waals surface area contributed by atoms with Crippen LogP contribution in [0.1, 0.15) is 25.7 Å². The maximum atomic E-state index is 11.7. The lowest BCUT2D eigenvalue weighted by Crippen LogP contribution is -2.61. The maximum Gasteiger partial charge on any atom is 0.243 e. The minimum atomic E-state index is -0.375. The normalized spacial score (nSPS) is 24.4. The lowest BCUT2D eigenvalue weighted by atomic mass is 10.0. The van der Waals surface area contributed by atoms with Crippen molar-refractivity contribution >= 4 is 23.6 Å².